The van der Waals surface area contributed by atoms with Crippen LogP contribution in [0.2, 0.25) is 0 Å². The molecule has 2 nitrogen and oxygen atoms in total. The lowest BCUT2D eigenvalue weighted by Crippen LogP contribution is -2.23. The van der Waals surface area contributed by atoms with Crippen molar-refractivity contribution in [2.24, 2.45) is 23.7 Å². The van der Waals surface area contributed by atoms with Gasteiger partial charge in [0.25, 0.3) is 6.26 Å². The minimum Gasteiger partial charge on any atom is -0.388 e. The molecule has 5 unspecified atom stereocenters. The van der Waals surface area contributed by atoms with E-state index in [2.05, 4.69) is 12.1 Å². The summed E-state index contributed by atoms with van der Waals surface area (Å²) in [7, 11) is 0. The molecule has 3 aliphatic rings. The van der Waals surface area contributed by atoms with Crippen LogP contribution >= 0.6 is 0 Å². The molecule has 0 aliphatic heterocycles. The van der Waals surface area contributed by atoms with Gasteiger partial charge in [-0.15, -0.1) is 5.26 Å². The first-order valence-electron chi connectivity index (χ1n) is 7.52. The van der Waals surface area contributed by atoms with Crippen LogP contribution in [0, 0.1) is 35.2 Å². The summed E-state index contributed by atoms with van der Waals surface area (Å²) in [5, 5.41) is 8.63. The quantitative estimate of drug-likeness (QED) is 0.744. The molecule has 1 aromatic carbocycles. The molecular formula is C17H19NO. The third-order valence-electron chi connectivity index (χ3n) is 5.88. The third-order valence-corrected chi connectivity index (χ3v) is 5.88. The highest BCUT2D eigenvalue weighted by Crippen LogP contribution is 2.63. The molecule has 0 aromatic heterocycles. The Labute approximate surface area is 114 Å². The van der Waals surface area contributed by atoms with Crippen LogP contribution in [-0.2, 0) is 0 Å². The Kier molecular flexibility index (Phi) is 2.55. The standard InChI is InChI=1S/C17H19NO/c18-10-19-13-4-1-3-11(7-13)16-8-12-9-17(16)15-6-2-5-14(12)15/h1,3-4,7,12,14-17H,2,5-6,8-9H2. The summed E-state index contributed by atoms with van der Waals surface area (Å²) in [6.45, 7) is 0. The SMILES string of the molecule is N#COc1cccc(C2CC3CC2C2CCCC32)c1. The normalized spacial score (nSPS) is 39.0. The Morgan fingerprint density at radius 2 is 2.00 bits per heavy atom. The summed E-state index contributed by atoms with van der Waals surface area (Å²) in [6, 6.07) is 8.20. The number of nitriles is 1. The van der Waals surface area contributed by atoms with Gasteiger partial charge in [0.15, 0.2) is 0 Å². The minimum absolute atomic E-state index is 0.700. The van der Waals surface area contributed by atoms with Crippen molar-refractivity contribution < 1.29 is 4.74 Å². The van der Waals surface area contributed by atoms with Crippen LogP contribution in [0.1, 0.15) is 43.6 Å². The molecule has 2 bridgehead atoms. The fraction of sp³-hybridized carbons (Fsp3) is 0.588. The predicted molar refractivity (Wildman–Crippen MR) is 72.5 cm³/mol. The van der Waals surface area contributed by atoms with E-state index < -0.39 is 0 Å². The van der Waals surface area contributed by atoms with Gasteiger partial charge < -0.3 is 4.74 Å². The Bertz CT molecular complexity index is 532. The van der Waals surface area contributed by atoms with Crippen LogP contribution < -0.4 is 4.74 Å². The highest BCUT2D eigenvalue weighted by Gasteiger charge is 2.53. The molecule has 0 heterocycles. The van der Waals surface area contributed by atoms with Gasteiger partial charge in [0.1, 0.15) is 5.75 Å². The van der Waals surface area contributed by atoms with Gasteiger partial charge in [-0.05, 0) is 73.0 Å². The van der Waals surface area contributed by atoms with Gasteiger partial charge in [0.05, 0.1) is 0 Å². The summed E-state index contributed by atoms with van der Waals surface area (Å²) >= 11 is 0. The van der Waals surface area contributed by atoms with E-state index in [1.165, 1.54) is 37.7 Å². The van der Waals surface area contributed by atoms with Crippen LogP contribution in [0.25, 0.3) is 0 Å². The zero-order chi connectivity index (χ0) is 12.8. The van der Waals surface area contributed by atoms with Crippen molar-refractivity contribution in [3.05, 3.63) is 29.8 Å². The lowest BCUT2D eigenvalue weighted by Gasteiger charge is -2.32. The van der Waals surface area contributed by atoms with Gasteiger partial charge in [-0.2, -0.15) is 0 Å². The molecule has 3 aliphatic carbocycles. The molecule has 3 saturated carbocycles. The first kappa shape index (κ1) is 11.3. The van der Waals surface area contributed by atoms with E-state index in [9.17, 15) is 0 Å². The van der Waals surface area contributed by atoms with Crippen LogP contribution in [0.3, 0.4) is 0 Å². The van der Waals surface area contributed by atoms with E-state index in [1.807, 2.05) is 12.1 Å². The molecule has 1 aromatic rings. The predicted octanol–water partition coefficient (Wildman–Crippen LogP) is 4.09. The molecule has 0 N–H and O–H groups in total. The number of nitrogens with zero attached hydrogens (tertiary/aromatic N) is 1. The van der Waals surface area contributed by atoms with E-state index in [0.717, 1.165) is 23.7 Å². The maximum absolute atomic E-state index is 8.63. The first-order valence-corrected chi connectivity index (χ1v) is 7.52. The Hall–Kier alpha value is -1.49. The van der Waals surface area contributed by atoms with Crippen molar-refractivity contribution in [1.82, 2.24) is 0 Å². The minimum atomic E-state index is 0.700. The fourth-order valence-corrected chi connectivity index (χ4v) is 5.31. The number of hydrogen-bond acceptors (Lipinski definition) is 2. The van der Waals surface area contributed by atoms with Crippen LogP contribution in [-0.4, -0.2) is 0 Å². The summed E-state index contributed by atoms with van der Waals surface area (Å²) in [6.07, 6.45) is 8.97. The zero-order valence-corrected chi connectivity index (χ0v) is 11.1. The maximum Gasteiger partial charge on any atom is 0.292 e. The maximum atomic E-state index is 8.63. The topological polar surface area (TPSA) is 33.0 Å². The zero-order valence-electron chi connectivity index (χ0n) is 11.1. The van der Waals surface area contributed by atoms with Crippen LogP contribution in [0.4, 0.5) is 0 Å². The van der Waals surface area contributed by atoms with Gasteiger partial charge in [-0.3, -0.25) is 0 Å². The second-order valence-corrected chi connectivity index (χ2v) is 6.53. The van der Waals surface area contributed by atoms with Crippen molar-refractivity contribution in [2.45, 2.75) is 38.0 Å². The molecule has 2 heteroatoms. The fourth-order valence-electron chi connectivity index (χ4n) is 5.31. The number of ether oxygens (including phenoxy) is 1. The largest absolute Gasteiger partial charge is 0.388 e. The molecule has 5 atom stereocenters. The molecule has 0 spiro atoms. The molecule has 0 saturated heterocycles. The summed E-state index contributed by atoms with van der Waals surface area (Å²) in [5.74, 6) is 5.32. The molecule has 19 heavy (non-hydrogen) atoms. The average Bonchev–Trinajstić information content (AvgIpc) is 3.12. The summed E-state index contributed by atoms with van der Waals surface area (Å²) < 4.78 is 4.98. The van der Waals surface area contributed by atoms with Crippen molar-refractivity contribution in [3.63, 3.8) is 0 Å². The van der Waals surface area contributed by atoms with E-state index in [-0.39, 0.29) is 0 Å². The van der Waals surface area contributed by atoms with Crippen LogP contribution in [0.15, 0.2) is 24.3 Å². The van der Waals surface area contributed by atoms with Crippen molar-refractivity contribution in [2.75, 3.05) is 0 Å². The Balaban J connectivity index is 1.61. The molecule has 0 radical (unpaired) electrons. The Morgan fingerprint density at radius 1 is 1.11 bits per heavy atom. The second-order valence-electron chi connectivity index (χ2n) is 6.53. The highest BCUT2D eigenvalue weighted by molar-refractivity contribution is 5.33. The molecule has 0 amide bonds. The van der Waals surface area contributed by atoms with Crippen molar-refractivity contribution >= 4 is 0 Å². The Morgan fingerprint density at radius 3 is 2.89 bits per heavy atom. The van der Waals surface area contributed by atoms with E-state index in [0.29, 0.717) is 11.7 Å². The second kappa shape index (κ2) is 4.27. The number of rotatable bonds is 2. The first-order chi connectivity index (χ1) is 9.36. The highest BCUT2D eigenvalue weighted by atomic mass is 16.5. The molecule has 4 rings (SSSR count). The smallest absolute Gasteiger partial charge is 0.292 e. The van der Waals surface area contributed by atoms with Gasteiger partial charge in [-0.1, -0.05) is 18.6 Å². The van der Waals surface area contributed by atoms with Gasteiger partial charge in [0.2, 0.25) is 0 Å². The monoisotopic (exact) mass is 253 g/mol. The van der Waals surface area contributed by atoms with E-state index in [1.54, 1.807) is 6.26 Å². The number of benzene rings is 1. The van der Waals surface area contributed by atoms with E-state index >= 15 is 0 Å². The van der Waals surface area contributed by atoms with Gasteiger partial charge in [0, 0.05) is 0 Å². The molecule has 3 fully saturated rings. The van der Waals surface area contributed by atoms with Gasteiger partial charge in [-0.25, -0.2) is 0 Å². The van der Waals surface area contributed by atoms with Crippen LogP contribution in [0.5, 0.6) is 5.75 Å². The van der Waals surface area contributed by atoms with E-state index in [4.69, 9.17) is 10.00 Å². The van der Waals surface area contributed by atoms with Gasteiger partial charge >= 0.3 is 0 Å². The molecular weight excluding hydrogens is 234 g/mol. The lowest BCUT2D eigenvalue weighted by molar-refractivity contribution is 0.232. The lowest BCUT2D eigenvalue weighted by atomic mass is 9.73. The average molecular weight is 253 g/mol. The number of fused-ring (bicyclic) bond motifs is 5. The summed E-state index contributed by atoms with van der Waals surface area (Å²) in [4.78, 5) is 0. The summed E-state index contributed by atoms with van der Waals surface area (Å²) in [5.41, 5.74) is 1.39. The van der Waals surface area contributed by atoms with Crippen molar-refractivity contribution in [1.29, 1.82) is 5.26 Å². The van der Waals surface area contributed by atoms with Crippen molar-refractivity contribution in [3.8, 4) is 12.0 Å². The molecule has 98 valence electrons. The third kappa shape index (κ3) is 1.68. The number of hydrogen-bond donors (Lipinski definition) is 0.